The summed E-state index contributed by atoms with van der Waals surface area (Å²) in [5, 5.41) is 8.41. The molecule has 1 atom stereocenters. The Bertz CT molecular complexity index is 1000. The number of fused-ring (bicyclic) bond motifs is 1. The van der Waals surface area contributed by atoms with Crippen LogP contribution in [-0.4, -0.2) is 73.2 Å². The Morgan fingerprint density at radius 2 is 1.76 bits per heavy atom. The van der Waals surface area contributed by atoms with Crippen LogP contribution in [0.4, 0.5) is 10.5 Å². The summed E-state index contributed by atoms with van der Waals surface area (Å²) in [4.78, 5) is 54.3. The molecule has 3 aliphatic rings. The Morgan fingerprint density at radius 3 is 2.49 bits per heavy atom. The highest BCUT2D eigenvalue weighted by Crippen LogP contribution is 2.34. The lowest BCUT2D eigenvalue weighted by atomic mass is 9.80. The van der Waals surface area contributed by atoms with E-state index in [2.05, 4.69) is 16.0 Å². The molecular formula is C26H36N4O7. The normalized spacial score (nSPS) is 19.0. The van der Waals surface area contributed by atoms with Crippen molar-refractivity contribution >= 4 is 29.3 Å². The zero-order valence-corrected chi connectivity index (χ0v) is 21.3. The molecule has 4 amide bonds. The summed E-state index contributed by atoms with van der Waals surface area (Å²) in [5.74, 6) is -0.926. The van der Waals surface area contributed by atoms with Gasteiger partial charge in [-0.3, -0.25) is 14.4 Å². The standard InChI is InChI=1S/C26H36N4O7/c1-2-3-7-19(22(31)23(32)27-18-8-9-20-21(16-18)37-17-36-20)28-24(33)26(10-5-4-6-11-26)29-25(34)30-12-14-35-15-13-30/h8-9,16,19H,2-7,10-15,17H2,1H3,(H,27,32)(H,28,33)(H,29,34)/t19-/m0/s1. The second-order valence-corrected chi connectivity index (χ2v) is 9.73. The molecule has 4 rings (SSSR count). The largest absolute Gasteiger partial charge is 0.454 e. The minimum atomic E-state index is -1.12. The van der Waals surface area contributed by atoms with Gasteiger partial charge in [0.05, 0.1) is 19.3 Å². The van der Waals surface area contributed by atoms with E-state index in [1.165, 1.54) is 0 Å². The van der Waals surface area contributed by atoms with Crippen LogP contribution in [0.5, 0.6) is 11.5 Å². The lowest BCUT2D eigenvalue weighted by Crippen LogP contribution is -2.64. The molecule has 1 aromatic carbocycles. The molecule has 1 aliphatic carbocycles. The highest BCUT2D eigenvalue weighted by molar-refractivity contribution is 6.42. The molecule has 202 valence electrons. The monoisotopic (exact) mass is 516 g/mol. The molecule has 0 aromatic heterocycles. The maximum atomic E-state index is 13.6. The van der Waals surface area contributed by atoms with Crippen LogP contribution in [0.25, 0.3) is 0 Å². The fraction of sp³-hybridized carbons (Fsp3) is 0.615. The van der Waals surface area contributed by atoms with Crippen molar-refractivity contribution in [3.05, 3.63) is 18.2 Å². The van der Waals surface area contributed by atoms with E-state index in [1.54, 1.807) is 23.1 Å². The van der Waals surface area contributed by atoms with Crippen LogP contribution in [0.3, 0.4) is 0 Å². The molecule has 0 spiro atoms. The molecule has 11 nitrogen and oxygen atoms in total. The summed E-state index contributed by atoms with van der Waals surface area (Å²) in [6.07, 6.45) is 5.27. The van der Waals surface area contributed by atoms with Crippen LogP contribution in [0.1, 0.15) is 58.3 Å². The zero-order chi connectivity index (χ0) is 26.3. The third-order valence-corrected chi connectivity index (χ3v) is 7.11. The number of amides is 4. The Balaban J connectivity index is 1.45. The number of hydrogen-bond donors (Lipinski definition) is 3. The third-order valence-electron chi connectivity index (χ3n) is 7.11. The summed E-state index contributed by atoms with van der Waals surface area (Å²) >= 11 is 0. The van der Waals surface area contributed by atoms with Gasteiger partial charge < -0.3 is 35.1 Å². The van der Waals surface area contributed by atoms with Crippen molar-refractivity contribution in [1.29, 1.82) is 0 Å². The van der Waals surface area contributed by atoms with Crippen molar-refractivity contribution in [2.24, 2.45) is 0 Å². The van der Waals surface area contributed by atoms with Gasteiger partial charge >= 0.3 is 6.03 Å². The average Bonchev–Trinajstić information content (AvgIpc) is 3.39. The predicted octanol–water partition coefficient (Wildman–Crippen LogP) is 2.34. The molecule has 2 aliphatic heterocycles. The molecule has 37 heavy (non-hydrogen) atoms. The van der Waals surface area contributed by atoms with E-state index in [4.69, 9.17) is 14.2 Å². The predicted molar refractivity (Wildman–Crippen MR) is 134 cm³/mol. The highest BCUT2D eigenvalue weighted by atomic mass is 16.7. The second kappa shape index (κ2) is 12.3. The van der Waals surface area contributed by atoms with Gasteiger partial charge in [-0.05, 0) is 31.4 Å². The molecule has 2 heterocycles. The highest BCUT2D eigenvalue weighted by Gasteiger charge is 2.43. The SMILES string of the molecule is CCCC[C@H](NC(=O)C1(NC(=O)N2CCOCC2)CCCCC1)C(=O)C(=O)Nc1ccc2c(c1)OCO2. The van der Waals surface area contributed by atoms with E-state index in [0.717, 1.165) is 25.7 Å². The maximum Gasteiger partial charge on any atom is 0.318 e. The third kappa shape index (κ3) is 6.51. The van der Waals surface area contributed by atoms with Gasteiger partial charge in [0.1, 0.15) is 5.54 Å². The van der Waals surface area contributed by atoms with E-state index < -0.39 is 29.2 Å². The number of Topliss-reactive ketones (excluding diaryl/α,β-unsaturated/α-hetero) is 1. The van der Waals surface area contributed by atoms with E-state index >= 15 is 0 Å². The van der Waals surface area contributed by atoms with Gasteiger partial charge in [0.25, 0.3) is 5.91 Å². The number of ether oxygens (including phenoxy) is 3. The number of morpholine rings is 1. The van der Waals surface area contributed by atoms with E-state index in [1.807, 2.05) is 6.92 Å². The summed E-state index contributed by atoms with van der Waals surface area (Å²) in [5.41, 5.74) is -0.726. The number of hydrogen-bond acceptors (Lipinski definition) is 7. The molecule has 1 aromatic rings. The molecule has 2 fully saturated rings. The summed E-state index contributed by atoms with van der Waals surface area (Å²) < 4.78 is 15.9. The molecule has 1 saturated heterocycles. The number of nitrogens with one attached hydrogen (secondary N) is 3. The molecule has 0 radical (unpaired) electrons. The van der Waals surface area contributed by atoms with Crippen molar-refractivity contribution in [2.75, 3.05) is 38.4 Å². The number of carbonyl (C=O) groups is 4. The van der Waals surface area contributed by atoms with Gasteiger partial charge in [-0.2, -0.15) is 0 Å². The number of carbonyl (C=O) groups excluding carboxylic acids is 4. The molecular weight excluding hydrogens is 480 g/mol. The number of ketones is 1. The number of anilines is 1. The summed E-state index contributed by atoms with van der Waals surface area (Å²) in [6.45, 7) is 3.90. The van der Waals surface area contributed by atoms with Crippen LogP contribution < -0.4 is 25.4 Å². The minimum Gasteiger partial charge on any atom is -0.454 e. The number of rotatable bonds is 9. The van der Waals surface area contributed by atoms with Crippen LogP contribution in [0.2, 0.25) is 0 Å². The Labute approximate surface area is 216 Å². The molecule has 3 N–H and O–H groups in total. The van der Waals surface area contributed by atoms with Crippen molar-refractivity contribution in [1.82, 2.24) is 15.5 Å². The Morgan fingerprint density at radius 1 is 1.03 bits per heavy atom. The molecule has 11 heteroatoms. The van der Waals surface area contributed by atoms with Crippen LogP contribution in [0.15, 0.2) is 18.2 Å². The van der Waals surface area contributed by atoms with Gasteiger partial charge in [-0.15, -0.1) is 0 Å². The number of nitrogens with zero attached hydrogens (tertiary/aromatic N) is 1. The first-order valence-corrected chi connectivity index (χ1v) is 13.1. The van der Waals surface area contributed by atoms with Crippen molar-refractivity contribution < 1.29 is 33.4 Å². The van der Waals surface area contributed by atoms with Gasteiger partial charge in [0.15, 0.2) is 11.5 Å². The second-order valence-electron chi connectivity index (χ2n) is 9.73. The fourth-order valence-corrected chi connectivity index (χ4v) is 4.91. The van der Waals surface area contributed by atoms with Crippen molar-refractivity contribution in [3.8, 4) is 11.5 Å². The van der Waals surface area contributed by atoms with Gasteiger partial charge in [-0.1, -0.05) is 39.0 Å². The zero-order valence-electron chi connectivity index (χ0n) is 21.3. The first-order chi connectivity index (χ1) is 17.9. The fourth-order valence-electron chi connectivity index (χ4n) is 4.91. The number of benzene rings is 1. The maximum absolute atomic E-state index is 13.6. The smallest absolute Gasteiger partial charge is 0.318 e. The topological polar surface area (TPSA) is 135 Å². The minimum absolute atomic E-state index is 0.0978. The lowest BCUT2D eigenvalue weighted by molar-refractivity contribution is -0.138. The van der Waals surface area contributed by atoms with Gasteiger partial charge in [-0.25, -0.2) is 4.79 Å². The summed E-state index contributed by atoms with van der Waals surface area (Å²) in [7, 11) is 0. The molecule has 1 saturated carbocycles. The van der Waals surface area contributed by atoms with E-state index in [9.17, 15) is 19.2 Å². The van der Waals surface area contributed by atoms with Crippen LogP contribution >= 0.6 is 0 Å². The Kier molecular flexibility index (Phi) is 8.86. The Hall–Kier alpha value is -3.34. The van der Waals surface area contributed by atoms with Crippen LogP contribution in [-0.2, 0) is 19.1 Å². The van der Waals surface area contributed by atoms with Crippen molar-refractivity contribution in [2.45, 2.75) is 69.9 Å². The van der Waals surface area contributed by atoms with Crippen molar-refractivity contribution in [3.63, 3.8) is 0 Å². The van der Waals surface area contributed by atoms with Crippen LogP contribution in [0, 0.1) is 0 Å². The van der Waals surface area contributed by atoms with E-state index in [0.29, 0.717) is 69.2 Å². The summed E-state index contributed by atoms with van der Waals surface area (Å²) in [6, 6.07) is 3.56. The van der Waals surface area contributed by atoms with Gasteiger partial charge in [0.2, 0.25) is 18.5 Å². The number of unbranched alkanes of at least 4 members (excludes halogenated alkanes) is 1. The first kappa shape index (κ1) is 26.7. The quantitative estimate of drug-likeness (QED) is 0.429. The van der Waals surface area contributed by atoms with E-state index in [-0.39, 0.29) is 12.8 Å². The lowest BCUT2D eigenvalue weighted by Gasteiger charge is -2.39. The average molecular weight is 517 g/mol. The van der Waals surface area contributed by atoms with Gasteiger partial charge in [0, 0.05) is 24.8 Å². The molecule has 0 unspecified atom stereocenters. The number of urea groups is 1. The first-order valence-electron chi connectivity index (χ1n) is 13.1. The molecule has 0 bridgehead atoms.